The number of aromatic nitrogens is 2. The highest BCUT2D eigenvalue weighted by Gasteiger charge is 2.34. The first kappa shape index (κ1) is 14.1. The molecule has 0 amide bonds. The number of anilines is 2. The maximum Gasteiger partial charge on any atom is 0.224 e. The molecule has 0 saturated carbocycles. The van der Waals surface area contributed by atoms with Crippen LogP contribution in [0.25, 0.3) is 0 Å². The molecule has 0 radical (unpaired) electrons. The molecule has 2 heterocycles. The number of rotatable bonds is 5. The fourth-order valence-electron chi connectivity index (χ4n) is 2.66. The largest absolute Gasteiger partial charge is 0.375 e. The van der Waals surface area contributed by atoms with Gasteiger partial charge in [-0.15, -0.1) is 0 Å². The fourth-order valence-corrected chi connectivity index (χ4v) is 2.66. The van der Waals surface area contributed by atoms with Gasteiger partial charge in [-0.2, -0.15) is 4.98 Å². The van der Waals surface area contributed by atoms with Crippen LogP contribution in [-0.2, 0) is 4.74 Å². The second-order valence-corrected chi connectivity index (χ2v) is 5.09. The predicted molar refractivity (Wildman–Crippen MR) is 77.5 cm³/mol. The molecule has 1 aliphatic rings. The van der Waals surface area contributed by atoms with Crippen LogP contribution < -0.4 is 10.6 Å². The Morgan fingerprint density at radius 3 is 2.89 bits per heavy atom. The molecule has 1 saturated heterocycles. The van der Waals surface area contributed by atoms with Crippen molar-refractivity contribution in [1.29, 1.82) is 0 Å². The van der Waals surface area contributed by atoms with E-state index in [0.29, 0.717) is 12.0 Å². The average molecular weight is 264 g/mol. The smallest absolute Gasteiger partial charge is 0.224 e. The standard InChI is InChI=1S/C14H24N4O/c1-4-14(5-2)10-11(7-9-19-14)17-12-6-8-16-13(15-3)18-12/h6,8,11H,4-5,7,9-10H2,1-3H3,(H2,15,16,17,18). The van der Waals surface area contributed by atoms with Gasteiger partial charge in [-0.3, -0.25) is 0 Å². The van der Waals surface area contributed by atoms with Crippen molar-refractivity contribution < 1.29 is 4.74 Å². The molecule has 1 fully saturated rings. The number of hydrogen-bond donors (Lipinski definition) is 2. The molecule has 1 unspecified atom stereocenters. The highest BCUT2D eigenvalue weighted by Crippen LogP contribution is 2.32. The van der Waals surface area contributed by atoms with Gasteiger partial charge in [-0.05, 0) is 31.7 Å². The number of nitrogens with one attached hydrogen (secondary N) is 2. The van der Waals surface area contributed by atoms with Crippen molar-refractivity contribution in [2.24, 2.45) is 0 Å². The minimum atomic E-state index is 0.0365. The summed E-state index contributed by atoms with van der Waals surface area (Å²) in [4.78, 5) is 8.54. The van der Waals surface area contributed by atoms with Crippen LogP contribution >= 0.6 is 0 Å². The van der Waals surface area contributed by atoms with E-state index >= 15 is 0 Å². The molecule has 0 spiro atoms. The molecule has 1 aromatic rings. The zero-order valence-electron chi connectivity index (χ0n) is 12.1. The van der Waals surface area contributed by atoms with E-state index in [1.54, 1.807) is 6.20 Å². The van der Waals surface area contributed by atoms with Gasteiger partial charge >= 0.3 is 0 Å². The monoisotopic (exact) mass is 264 g/mol. The molecule has 1 aliphatic heterocycles. The summed E-state index contributed by atoms with van der Waals surface area (Å²) in [5.74, 6) is 1.53. The summed E-state index contributed by atoms with van der Waals surface area (Å²) in [7, 11) is 1.83. The third-order valence-electron chi connectivity index (χ3n) is 4.01. The molecule has 1 aromatic heterocycles. The van der Waals surface area contributed by atoms with Gasteiger partial charge < -0.3 is 15.4 Å². The van der Waals surface area contributed by atoms with E-state index in [4.69, 9.17) is 4.74 Å². The second-order valence-electron chi connectivity index (χ2n) is 5.09. The van der Waals surface area contributed by atoms with Crippen molar-refractivity contribution in [3.8, 4) is 0 Å². The van der Waals surface area contributed by atoms with Gasteiger partial charge in [0.05, 0.1) is 5.60 Å². The van der Waals surface area contributed by atoms with Gasteiger partial charge in [0.2, 0.25) is 5.95 Å². The second kappa shape index (κ2) is 6.19. The van der Waals surface area contributed by atoms with Crippen molar-refractivity contribution >= 4 is 11.8 Å². The quantitative estimate of drug-likeness (QED) is 0.856. The van der Waals surface area contributed by atoms with Gasteiger partial charge in [-0.25, -0.2) is 4.98 Å². The third kappa shape index (κ3) is 3.35. The number of hydrogen-bond acceptors (Lipinski definition) is 5. The van der Waals surface area contributed by atoms with Gasteiger partial charge in [0.15, 0.2) is 0 Å². The lowest BCUT2D eigenvalue weighted by molar-refractivity contribution is -0.0864. The Hall–Kier alpha value is -1.36. The molecule has 0 aromatic carbocycles. The predicted octanol–water partition coefficient (Wildman–Crippen LogP) is 2.67. The van der Waals surface area contributed by atoms with E-state index in [1.165, 1.54) is 0 Å². The summed E-state index contributed by atoms with van der Waals surface area (Å²) in [5, 5.41) is 6.46. The average Bonchev–Trinajstić information content (AvgIpc) is 2.47. The van der Waals surface area contributed by atoms with E-state index in [-0.39, 0.29) is 5.60 Å². The molecule has 0 bridgehead atoms. The lowest BCUT2D eigenvalue weighted by atomic mass is 9.86. The third-order valence-corrected chi connectivity index (χ3v) is 4.01. The Bertz CT molecular complexity index is 406. The molecule has 2 rings (SSSR count). The molecule has 0 aliphatic carbocycles. The van der Waals surface area contributed by atoms with Crippen molar-refractivity contribution in [3.05, 3.63) is 12.3 Å². The molecule has 2 N–H and O–H groups in total. The first-order chi connectivity index (χ1) is 9.21. The first-order valence-corrected chi connectivity index (χ1v) is 7.12. The topological polar surface area (TPSA) is 59.1 Å². The molecule has 5 nitrogen and oxygen atoms in total. The van der Waals surface area contributed by atoms with Crippen LogP contribution in [0.15, 0.2) is 12.3 Å². The van der Waals surface area contributed by atoms with E-state index in [2.05, 4.69) is 34.4 Å². The molecule has 106 valence electrons. The Balaban J connectivity index is 2.02. The summed E-state index contributed by atoms with van der Waals surface area (Å²) < 4.78 is 5.99. The molecular formula is C14H24N4O. The van der Waals surface area contributed by atoms with E-state index < -0.39 is 0 Å². The van der Waals surface area contributed by atoms with E-state index in [9.17, 15) is 0 Å². The van der Waals surface area contributed by atoms with Crippen LogP contribution in [0.3, 0.4) is 0 Å². The van der Waals surface area contributed by atoms with Gasteiger partial charge in [-0.1, -0.05) is 13.8 Å². The van der Waals surface area contributed by atoms with E-state index in [1.807, 2.05) is 13.1 Å². The van der Waals surface area contributed by atoms with Gasteiger partial charge in [0.1, 0.15) is 5.82 Å². The molecular weight excluding hydrogens is 240 g/mol. The van der Waals surface area contributed by atoms with Crippen molar-refractivity contribution in [1.82, 2.24) is 9.97 Å². The van der Waals surface area contributed by atoms with Gasteiger partial charge in [0.25, 0.3) is 0 Å². The van der Waals surface area contributed by atoms with Gasteiger partial charge in [0, 0.05) is 25.9 Å². The summed E-state index contributed by atoms with van der Waals surface area (Å²) in [6, 6.07) is 2.34. The van der Waals surface area contributed by atoms with Crippen LogP contribution in [0.1, 0.15) is 39.5 Å². The lowest BCUT2D eigenvalue weighted by Crippen LogP contribution is -2.43. The molecule has 5 heteroatoms. The zero-order chi connectivity index (χ0) is 13.7. The number of nitrogens with zero attached hydrogens (tertiary/aromatic N) is 2. The molecule has 1 atom stereocenters. The first-order valence-electron chi connectivity index (χ1n) is 7.12. The molecule has 19 heavy (non-hydrogen) atoms. The van der Waals surface area contributed by atoms with Crippen LogP contribution in [0.5, 0.6) is 0 Å². The van der Waals surface area contributed by atoms with Crippen LogP contribution in [-0.4, -0.2) is 35.3 Å². The number of ether oxygens (including phenoxy) is 1. The Morgan fingerprint density at radius 1 is 1.42 bits per heavy atom. The Morgan fingerprint density at radius 2 is 2.21 bits per heavy atom. The maximum absolute atomic E-state index is 5.99. The highest BCUT2D eigenvalue weighted by molar-refractivity contribution is 5.40. The van der Waals surface area contributed by atoms with Crippen molar-refractivity contribution in [2.75, 3.05) is 24.3 Å². The lowest BCUT2D eigenvalue weighted by Gasteiger charge is -2.40. The van der Waals surface area contributed by atoms with Crippen LogP contribution in [0, 0.1) is 0 Å². The van der Waals surface area contributed by atoms with Crippen molar-refractivity contribution in [3.63, 3.8) is 0 Å². The minimum Gasteiger partial charge on any atom is -0.375 e. The summed E-state index contributed by atoms with van der Waals surface area (Å²) in [6.45, 7) is 5.23. The highest BCUT2D eigenvalue weighted by atomic mass is 16.5. The van der Waals surface area contributed by atoms with Crippen LogP contribution in [0.4, 0.5) is 11.8 Å². The fraction of sp³-hybridized carbons (Fsp3) is 0.714. The summed E-state index contributed by atoms with van der Waals surface area (Å²) in [5.41, 5.74) is 0.0365. The van der Waals surface area contributed by atoms with Crippen LogP contribution in [0.2, 0.25) is 0 Å². The SMILES string of the molecule is CCC1(CC)CC(Nc2ccnc(NC)n2)CCO1. The Labute approximate surface area is 115 Å². The zero-order valence-corrected chi connectivity index (χ0v) is 12.1. The summed E-state index contributed by atoms with van der Waals surface area (Å²) >= 11 is 0. The Kier molecular flexibility index (Phi) is 4.58. The van der Waals surface area contributed by atoms with Crippen molar-refractivity contribution in [2.45, 2.75) is 51.2 Å². The maximum atomic E-state index is 5.99. The summed E-state index contributed by atoms with van der Waals surface area (Å²) in [6.07, 6.45) is 5.97. The minimum absolute atomic E-state index is 0.0365. The normalized spacial score (nSPS) is 21.9. The van der Waals surface area contributed by atoms with E-state index in [0.717, 1.165) is 38.1 Å².